The van der Waals surface area contributed by atoms with E-state index in [0.29, 0.717) is 11.3 Å². The summed E-state index contributed by atoms with van der Waals surface area (Å²) in [5.74, 6) is -0.652. The van der Waals surface area contributed by atoms with Gasteiger partial charge < -0.3 is 10.1 Å². The van der Waals surface area contributed by atoms with Crippen LogP contribution in [0.1, 0.15) is 18.1 Å². The molecule has 4 nitrogen and oxygen atoms in total. The summed E-state index contributed by atoms with van der Waals surface area (Å²) in [4.78, 5) is 14.2. The molecule has 0 radical (unpaired) electrons. The highest BCUT2D eigenvalue weighted by molar-refractivity contribution is 7.80. The number of anilines is 1. The number of carbonyl (C=O) groups excluding carboxylic acids is 1. The van der Waals surface area contributed by atoms with Crippen LogP contribution in [-0.4, -0.2) is 17.4 Å². The van der Waals surface area contributed by atoms with E-state index < -0.39 is 6.36 Å². The molecule has 8 heteroatoms. The van der Waals surface area contributed by atoms with E-state index in [0.717, 1.165) is 12.0 Å². The molecule has 27 heavy (non-hydrogen) atoms. The second-order valence-corrected chi connectivity index (χ2v) is 6.11. The first-order valence-corrected chi connectivity index (χ1v) is 8.50. The molecule has 0 spiro atoms. The van der Waals surface area contributed by atoms with Crippen LogP contribution in [0, 0.1) is 0 Å². The second-order valence-electron chi connectivity index (χ2n) is 5.73. The smallest absolute Gasteiger partial charge is 0.406 e. The predicted molar refractivity (Wildman–Crippen MR) is 100 cm³/mol. The van der Waals surface area contributed by atoms with Gasteiger partial charge in [0.1, 0.15) is 11.4 Å². The van der Waals surface area contributed by atoms with E-state index in [9.17, 15) is 18.0 Å². The van der Waals surface area contributed by atoms with Crippen molar-refractivity contribution >= 4 is 35.0 Å². The fourth-order valence-electron chi connectivity index (χ4n) is 2.71. The zero-order chi connectivity index (χ0) is 19.6. The van der Waals surface area contributed by atoms with Crippen LogP contribution < -0.4 is 15.0 Å². The first-order valence-electron chi connectivity index (χ1n) is 8.09. The molecule has 1 amide bonds. The van der Waals surface area contributed by atoms with Gasteiger partial charge in [-0.3, -0.25) is 9.69 Å². The lowest BCUT2D eigenvalue weighted by Gasteiger charge is -2.17. The molecule has 2 aromatic carbocycles. The topological polar surface area (TPSA) is 41.6 Å². The quantitative estimate of drug-likeness (QED) is 0.618. The third kappa shape index (κ3) is 4.28. The fraction of sp³-hybridized carbons (Fsp3) is 0.158. The Morgan fingerprint density at radius 2 is 1.81 bits per heavy atom. The number of alkyl halides is 3. The molecule has 0 saturated carbocycles. The highest BCUT2D eigenvalue weighted by Gasteiger charge is 2.33. The molecule has 3 rings (SSSR count). The van der Waals surface area contributed by atoms with Crippen LogP contribution in [0.25, 0.3) is 6.08 Å². The number of aryl methyl sites for hydroxylation is 1. The summed E-state index contributed by atoms with van der Waals surface area (Å²) < 4.78 is 40.5. The third-order valence-electron chi connectivity index (χ3n) is 3.92. The largest absolute Gasteiger partial charge is 0.573 e. The Balaban J connectivity index is 1.84. The van der Waals surface area contributed by atoms with Gasteiger partial charge >= 0.3 is 6.36 Å². The molecule has 0 bridgehead atoms. The van der Waals surface area contributed by atoms with Crippen LogP contribution in [-0.2, 0) is 11.2 Å². The number of halogens is 3. The summed E-state index contributed by atoms with van der Waals surface area (Å²) in [7, 11) is 0. The number of ether oxygens (including phenoxy) is 1. The van der Waals surface area contributed by atoms with Crippen molar-refractivity contribution in [2.45, 2.75) is 19.7 Å². The molecular formula is C19H15F3N2O2S. The molecule has 1 aliphatic heterocycles. The van der Waals surface area contributed by atoms with Gasteiger partial charge in [-0.05, 0) is 54.0 Å². The van der Waals surface area contributed by atoms with Gasteiger partial charge in [0.2, 0.25) is 0 Å². The molecule has 1 aliphatic rings. The molecule has 2 aromatic rings. The number of rotatable bonds is 4. The number of benzene rings is 2. The highest BCUT2D eigenvalue weighted by atomic mass is 32.1. The summed E-state index contributed by atoms with van der Waals surface area (Å²) in [5, 5.41) is 3.12. The summed E-state index contributed by atoms with van der Waals surface area (Å²) in [6, 6.07) is 12.7. The summed E-state index contributed by atoms with van der Waals surface area (Å²) >= 11 is 5.29. The Bertz CT molecular complexity index is 908. The van der Waals surface area contributed by atoms with Gasteiger partial charge in [-0.2, -0.15) is 0 Å². The van der Waals surface area contributed by atoms with Gasteiger partial charge in [-0.1, -0.05) is 37.3 Å². The van der Waals surface area contributed by atoms with Crippen molar-refractivity contribution in [3.05, 3.63) is 65.4 Å². The average molecular weight is 392 g/mol. The minimum absolute atomic E-state index is 0.246. The standard InChI is InChI=1S/C19H15F3N2O2S/c1-2-13-5-3-4-6-16(13)24-17(25)15(23-18(24)27)11-12-7-9-14(10-8-12)26-19(20,21)22/h3-11H,2H2,1H3,(H,23,27)/b15-11+. The van der Waals surface area contributed by atoms with Crippen LogP contribution in [0.4, 0.5) is 18.9 Å². The number of nitrogens with zero attached hydrogens (tertiary/aromatic N) is 1. The lowest BCUT2D eigenvalue weighted by atomic mass is 10.1. The van der Waals surface area contributed by atoms with E-state index in [1.54, 1.807) is 0 Å². The Labute approximate surface area is 159 Å². The van der Waals surface area contributed by atoms with E-state index in [2.05, 4.69) is 10.1 Å². The minimum atomic E-state index is -4.75. The first kappa shape index (κ1) is 18.9. The van der Waals surface area contributed by atoms with Crippen LogP contribution >= 0.6 is 12.2 Å². The summed E-state index contributed by atoms with van der Waals surface area (Å²) in [6.07, 6.45) is -2.48. The Kier molecular flexibility index (Phi) is 5.18. The maximum absolute atomic E-state index is 12.8. The van der Waals surface area contributed by atoms with Gasteiger partial charge in [-0.15, -0.1) is 13.2 Å². The number of carbonyl (C=O) groups is 1. The van der Waals surface area contributed by atoms with E-state index >= 15 is 0 Å². The maximum Gasteiger partial charge on any atom is 0.573 e. The monoisotopic (exact) mass is 392 g/mol. The van der Waals surface area contributed by atoms with Crippen molar-refractivity contribution in [1.29, 1.82) is 0 Å². The maximum atomic E-state index is 12.8. The number of para-hydroxylation sites is 1. The molecule has 0 atom stereocenters. The Morgan fingerprint density at radius 1 is 1.15 bits per heavy atom. The van der Waals surface area contributed by atoms with Gasteiger partial charge in [0, 0.05) is 0 Å². The van der Waals surface area contributed by atoms with Gasteiger partial charge in [0.15, 0.2) is 5.11 Å². The van der Waals surface area contributed by atoms with Crippen molar-refractivity contribution in [2.75, 3.05) is 4.90 Å². The number of thiocarbonyl (C=S) groups is 1. The van der Waals surface area contributed by atoms with Crippen LogP contribution in [0.3, 0.4) is 0 Å². The summed E-state index contributed by atoms with van der Waals surface area (Å²) in [6.45, 7) is 1.98. The van der Waals surface area contributed by atoms with Crippen molar-refractivity contribution in [3.63, 3.8) is 0 Å². The SMILES string of the molecule is CCc1ccccc1N1C(=O)/C(=C\c2ccc(OC(F)(F)F)cc2)NC1=S. The van der Waals surface area contributed by atoms with Crippen molar-refractivity contribution < 1.29 is 22.7 Å². The lowest BCUT2D eigenvalue weighted by molar-refractivity contribution is -0.274. The predicted octanol–water partition coefficient (Wildman–Crippen LogP) is 4.41. The van der Waals surface area contributed by atoms with E-state index in [-0.39, 0.29) is 22.5 Å². The highest BCUT2D eigenvalue weighted by Crippen LogP contribution is 2.27. The molecule has 0 aromatic heterocycles. The van der Waals surface area contributed by atoms with Crippen molar-refractivity contribution in [1.82, 2.24) is 5.32 Å². The average Bonchev–Trinajstić information content (AvgIpc) is 2.89. The number of hydrogen-bond donors (Lipinski definition) is 1. The first-order chi connectivity index (χ1) is 12.8. The lowest BCUT2D eigenvalue weighted by Crippen LogP contribution is -2.31. The minimum Gasteiger partial charge on any atom is -0.406 e. The third-order valence-corrected chi connectivity index (χ3v) is 4.20. The normalized spacial score (nSPS) is 16.0. The molecule has 1 fully saturated rings. The second kappa shape index (κ2) is 7.40. The van der Waals surface area contributed by atoms with E-state index in [1.807, 2.05) is 31.2 Å². The number of nitrogens with one attached hydrogen (secondary N) is 1. The zero-order valence-electron chi connectivity index (χ0n) is 14.2. The van der Waals surface area contributed by atoms with Gasteiger partial charge in [0.25, 0.3) is 5.91 Å². The molecule has 1 saturated heterocycles. The molecule has 140 valence electrons. The molecule has 0 unspecified atom stereocenters. The summed E-state index contributed by atoms with van der Waals surface area (Å²) in [5.41, 5.74) is 2.47. The molecule has 0 aliphatic carbocycles. The van der Waals surface area contributed by atoms with Crippen LogP contribution in [0.5, 0.6) is 5.75 Å². The van der Waals surface area contributed by atoms with Gasteiger partial charge in [-0.25, -0.2) is 0 Å². The van der Waals surface area contributed by atoms with Crippen molar-refractivity contribution in [3.8, 4) is 5.75 Å². The van der Waals surface area contributed by atoms with E-state index in [4.69, 9.17) is 12.2 Å². The van der Waals surface area contributed by atoms with E-state index in [1.165, 1.54) is 35.2 Å². The zero-order valence-corrected chi connectivity index (χ0v) is 15.0. The fourth-order valence-corrected chi connectivity index (χ4v) is 3.01. The molecule has 1 N–H and O–H groups in total. The molecule has 1 heterocycles. The van der Waals surface area contributed by atoms with Crippen LogP contribution in [0.15, 0.2) is 54.2 Å². The molecular weight excluding hydrogens is 377 g/mol. The Hall–Kier alpha value is -2.87. The van der Waals surface area contributed by atoms with Crippen LogP contribution in [0.2, 0.25) is 0 Å². The number of amides is 1. The Morgan fingerprint density at radius 3 is 2.44 bits per heavy atom. The van der Waals surface area contributed by atoms with Gasteiger partial charge in [0.05, 0.1) is 5.69 Å². The van der Waals surface area contributed by atoms with Crippen molar-refractivity contribution in [2.24, 2.45) is 0 Å². The number of hydrogen-bond acceptors (Lipinski definition) is 3.